The zero-order valence-corrected chi connectivity index (χ0v) is 6.65. The minimum atomic E-state index is -0.410. The second kappa shape index (κ2) is 2.76. The fourth-order valence-corrected chi connectivity index (χ4v) is 1.22. The largest absolute Gasteiger partial charge is 0.285 e. The number of nitro groups is 1. The van der Waals surface area contributed by atoms with Crippen molar-refractivity contribution >= 4 is 17.1 Å². The molecule has 62 valence electrons. The molecule has 0 spiro atoms. The van der Waals surface area contributed by atoms with Crippen molar-refractivity contribution in [2.45, 2.75) is 0 Å². The van der Waals surface area contributed by atoms with E-state index in [0.29, 0.717) is 5.22 Å². The summed E-state index contributed by atoms with van der Waals surface area (Å²) in [5.74, 6) is 0. The van der Waals surface area contributed by atoms with Gasteiger partial charge < -0.3 is 0 Å². The second-order valence-electron chi connectivity index (χ2n) is 2.58. The van der Waals surface area contributed by atoms with Crippen molar-refractivity contribution in [3.05, 3.63) is 50.9 Å². The molecule has 0 amide bonds. The number of nitro benzene ring substituents is 1. The summed E-state index contributed by atoms with van der Waals surface area (Å²) < 4.78 is 0. The minimum Gasteiger partial charge on any atom is -0.258 e. The van der Waals surface area contributed by atoms with Crippen LogP contribution in [0.3, 0.4) is 0 Å². The number of nitrogens with zero attached hydrogens (tertiary/aromatic N) is 1. The summed E-state index contributed by atoms with van der Waals surface area (Å²) in [5, 5.41) is 11.8. The fraction of sp³-hybridized carbons (Fsp3) is 0. The van der Waals surface area contributed by atoms with E-state index in [2.05, 4.69) is 11.5 Å². The zero-order chi connectivity index (χ0) is 9.26. The Bertz CT molecular complexity index is 559. The Morgan fingerprint density at radius 2 is 2.00 bits per heavy atom. The summed E-state index contributed by atoms with van der Waals surface area (Å²) in [7, 11) is 0. The van der Waals surface area contributed by atoms with E-state index in [0.717, 1.165) is 5.22 Å². The first-order chi connectivity index (χ1) is 6.29. The maximum Gasteiger partial charge on any atom is 0.285 e. The molecule has 3 nitrogen and oxygen atoms in total. The lowest BCUT2D eigenvalue weighted by molar-refractivity contribution is -0.385. The van der Waals surface area contributed by atoms with Crippen molar-refractivity contribution in [1.82, 2.24) is 0 Å². The molecule has 0 saturated heterocycles. The maximum atomic E-state index is 10.6. The van der Waals surface area contributed by atoms with Crippen LogP contribution in [0.15, 0.2) is 30.4 Å². The molecule has 0 bridgehead atoms. The van der Waals surface area contributed by atoms with Gasteiger partial charge in [-0.3, -0.25) is 10.1 Å². The Morgan fingerprint density at radius 3 is 2.77 bits per heavy atom. The first kappa shape index (κ1) is 7.56. The van der Waals surface area contributed by atoms with Crippen molar-refractivity contribution in [2.75, 3.05) is 0 Å². The predicted molar refractivity (Wildman–Crippen MR) is 48.3 cm³/mol. The zero-order valence-electron chi connectivity index (χ0n) is 6.65. The molecule has 13 heavy (non-hydrogen) atoms. The minimum absolute atomic E-state index is 0.0781. The SMILES string of the molecule is O=[N+]([O-])c1cccc2c1=C=CC=C=2. The maximum absolute atomic E-state index is 10.6. The normalized spacial score (nSPS) is 11.4. The summed E-state index contributed by atoms with van der Waals surface area (Å²) in [4.78, 5) is 10.2. The van der Waals surface area contributed by atoms with Crippen LogP contribution in [-0.2, 0) is 0 Å². The van der Waals surface area contributed by atoms with Crippen molar-refractivity contribution in [1.29, 1.82) is 0 Å². The predicted octanol–water partition coefficient (Wildman–Crippen LogP) is 0.480. The second-order valence-corrected chi connectivity index (χ2v) is 2.58. The molecule has 0 aromatic heterocycles. The van der Waals surface area contributed by atoms with Crippen molar-refractivity contribution in [3.63, 3.8) is 0 Å². The first-order valence-corrected chi connectivity index (χ1v) is 3.74. The molecular formula is C10H5NO2. The van der Waals surface area contributed by atoms with Gasteiger partial charge in [-0.25, -0.2) is 0 Å². The smallest absolute Gasteiger partial charge is 0.258 e. The van der Waals surface area contributed by atoms with Gasteiger partial charge in [-0.15, -0.1) is 11.5 Å². The molecule has 0 unspecified atom stereocenters. The molecule has 0 saturated carbocycles. The molecule has 2 rings (SSSR count). The van der Waals surface area contributed by atoms with Gasteiger partial charge in [-0.1, -0.05) is 6.07 Å². The molecule has 0 aliphatic heterocycles. The summed E-state index contributed by atoms with van der Waals surface area (Å²) >= 11 is 0. The third-order valence-electron chi connectivity index (χ3n) is 1.79. The average molecular weight is 171 g/mol. The summed E-state index contributed by atoms with van der Waals surface area (Å²) in [6.07, 6.45) is 3.31. The Morgan fingerprint density at radius 1 is 1.23 bits per heavy atom. The Labute approximate surface area is 73.8 Å². The van der Waals surface area contributed by atoms with Gasteiger partial charge in [0.25, 0.3) is 5.69 Å². The van der Waals surface area contributed by atoms with Gasteiger partial charge in [-0.05, 0) is 18.2 Å². The Kier molecular flexibility index (Phi) is 1.60. The lowest BCUT2D eigenvalue weighted by Gasteiger charge is -1.91. The molecular weight excluding hydrogens is 166 g/mol. The van der Waals surface area contributed by atoms with Gasteiger partial charge in [0, 0.05) is 11.3 Å². The lowest BCUT2D eigenvalue weighted by Crippen LogP contribution is -2.25. The van der Waals surface area contributed by atoms with E-state index in [1.807, 2.05) is 0 Å². The number of fused-ring (bicyclic) bond motifs is 1. The molecule has 1 aliphatic rings. The van der Waals surface area contributed by atoms with Gasteiger partial charge >= 0.3 is 0 Å². The Hall–Kier alpha value is -2.08. The molecule has 1 aliphatic carbocycles. The van der Waals surface area contributed by atoms with Crippen LogP contribution in [0.2, 0.25) is 0 Å². The van der Waals surface area contributed by atoms with Gasteiger partial charge in [0.05, 0.1) is 4.92 Å². The number of rotatable bonds is 1. The van der Waals surface area contributed by atoms with Crippen LogP contribution in [-0.4, -0.2) is 4.92 Å². The van der Waals surface area contributed by atoms with E-state index in [1.165, 1.54) is 6.07 Å². The summed E-state index contributed by atoms with van der Waals surface area (Å²) in [6, 6.07) is 4.89. The van der Waals surface area contributed by atoms with E-state index >= 15 is 0 Å². The standard InChI is InChI=1S/C10H5NO2/c12-11(13)10-7-3-5-8-4-1-2-6-9(8)10/h1-3,5,7H. The van der Waals surface area contributed by atoms with Gasteiger partial charge in [0.15, 0.2) is 0 Å². The molecule has 1 aromatic rings. The van der Waals surface area contributed by atoms with Crippen LogP contribution >= 0.6 is 0 Å². The third-order valence-corrected chi connectivity index (χ3v) is 1.79. The molecule has 3 heteroatoms. The van der Waals surface area contributed by atoms with Crippen LogP contribution < -0.4 is 10.4 Å². The van der Waals surface area contributed by atoms with Crippen molar-refractivity contribution in [3.8, 4) is 0 Å². The van der Waals surface area contributed by atoms with Crippen LogP contribution in [0, 0.1) is 10.1 Å². The summed E-state index contributed by atoms with van der Waals surface area (Å²) in [5.41, 5.74) is 5.82. The molecule has 0 radical (unpaired) electrons. The van der Waals surface area contributed by atoms with Crippen molar-refractivity contribution in [2.24, 2.45) is 0 Å². The van der Waals surface area contributed by atoms with Crippen LogP contribution in [0.4, 0.5) is 5.69 Å². The van der Waals surface area contributed by atoms with Crippen molar-refractivity contribution < 1.29 is 4.92 Å². The lowest BCUT2D eigenvalue weighted by atomic mass is 10.2. The van der Waals surface area contributed by atoms with E-state index in [9.17, 15) is 10.1 Å². The highest BCUT2D eigenvalue weighted by molar-refractivity contribution is 5.47. The van der Waals surface area contributed by atoms with E-state index in [1.54, 1.807) is 24.3 Å². The average Bonchev–Trinajstić information content (AvgIpc) is 2.17. The van der Waals surface area contributed by atoms with Gasteiger partial charge in [0.2, 0.25) is 0 Å². The number of allylic oxidation sites excluding steroid dienone is 2. The quantitative estimate of drug-likeness (QED) is 0.455. The van der Waals surface area contributed by atoms with Crippen LogP contribution in [0.25, 0.3) is 11.5 Å². The van der Waals surface area contributed by atoms with E-state index in [4.69, 9.17) is 0 Å². The first-order valence-electron chi connectivity index (χ1n) is 3.74. The van der Waals surface area contributed by atoms with Crippen LogP contribution in [0.1, 0.15) is 0 Å². The van der Waals surface area contributed by atoms with E-state index < -0.39 is 4.92 Å². The van der Waals surface area contributed by atoms with E-state index in [-0.39, 0.29) is 5.69 Å². The molecule has 0 N–H and O–H groups in total. The summed E-state index contributed by atoms with van der Waals surface area (Å²) in [6.45, 7) is 0. The highest BCUT2D eigenvalue weighted by atomic mass is 16.6. The third kappa shape index (κ3) is 1.18. The van der Waals surface area contributed by atoms with Crippen LogP contribution in [0.5, 0.6) is 0 Å². The highest BCUT2D eigenvalue weighted by Crippen LogP contribution is 1.99. The number of non-ortho nitro benzene ring substituents is 1. The Balaban J connectivity index is 3.00. The highest BCUT2D eigenvalue weighted by Gasteiger charge is 2.07. The monoisotopic (exact) mass is 171 g/mol. The molecule has 0 fully saturated rings. The topological polar surface area (TPSA) is 43.1 Å². The number of hydrogen-bond acceptors (Lipinski definition) is 2. The molecule has 0 atom stereocenters. The van der Waals surface area contributed by atoms with Gasteiger partial charge in [0.1, 0.15) is 5.22 Å². The number of benzene rings is 1. The molecule has 0 heterocycles. The number of hydrogen-bond donors (Lipinski definition) is 0. The molecule has 1 aromatic carbocycles. The fourth-order valence-electron chi connectivity index (χ4n) is 1.22. The van der Waals surface area contributed by atoms with Gasteiger partial charge in [-0.2, -0.15) is 0 Å².